The number of azo groups is 1. The van der Waals surface area contributed by atoms with Crippen LogP contribution in [0, 0.1) is 0 Å². The van der Waals surface area contributed by atoms with E-state index in [0.29, 0.717) is 0 Å². The molecule has 184 valence electrons. The van der Waals surface area contributed by atoms with Crippen LogP contribution in [0.2, 0.25) is 0 Å². The number of hydrogen-bond acceptors (Lipinski definition) is 11. The predicted molar refractivity (Wildman–Crippen MR) is 123 cm³/mol. The van der Waals surface area contributed by atoms with Gasteiger partial charge in [0.2, 0.25) is 5.91 Å². The van der Waals surface area contributed by atoms with Crippen LogP contribution in [0.3, 0.4) is 0 Å². The van der Waals surface area contributed by atoms with E-state index in [2.05, 4.69) is 15.5 Å². The number of quaternary nitrogens is 2. The van der Waals surface area contributed by atoms with E-state index < -0.39 is 41.7 Å². The maximum Gasteiger partial charge on any atom is 0.221 e. The average molecular weight is 515 g/mol. The van der Waals surface area contributed by atoms with Gasteiger partial charge in [0.15, 0.2) is 0 Å². The first kappa shape index (κ1) is 28.4. The minimum atomic E-state index is -5.02. The lowest BCUT2D eigenvalue weighted by molar-refractivity contribution is -0.114. The molecule has 16 heteroatoms. The fourth-order valence-corrected chi connectivity index (χ4v) is 4.01. The lowest BCUT2D eigenvalue weighted by atomic mass is 10.1. The molecule has 0 spiro atoms. The third-order valence-corrected chi connectivity index (χ3v) is 5.85. The van der Waals surface area contributed by atoms with Crippen LogP contribution in [0.5, 0.6) is 5.75 Å². The van der Waals surface area contributed by atoms with Crippen molar-refractivity contribution in [3.63, 3.8) is 0 Å². The van der Waals surface area contributed by atoms with Crippen LogP contribution in [0.25, 0.3) is 10.8 Å². The summed E-state index contributed by atoms with van der Waals surface area (Å²) in [4.78, 5) is 9.73. The van der Waals surface area contributed by atoms with Gasteiger partial charge in [0, 0.05) is 12.6 Å². The number of amides is 1. The molecule has 0 aliphatic carbocycles. The Bertz CT molecular complexity index is 1500. The molecule has 0 unspecified atom stereocenters. The van der Waals surface area contributed by atoms with Crippen molar-refractivity contribution in [2.75, 3.05) is 11.1 Å². The zero-order valence-corrected chi connectivity index (χ0v) is 19.8. The van der Waals surface area contributed by atoms with Gasteiger partial charge in [0.25, 0.3) is 0 Å². The molecule has 3 aromatic rings. The first-order valence-corrected chi connectivity index (χ1v) is 11.4. The number of benzene rings is 3. The summed E-state index contributed by atoms with van der Waals surface area (Å²) in [5.74, 6) is -1.12. The second kappa shape index (κ2) is 10.1. The van der Waals surface area contributed by atoms with Crippen molar-refractivity contribution >= 4 is 59.7 Å². The van der Waals surface area contributed by atoms with Crippen LogP contribution in [0.15, 0.2) is 62.5 Å². The summed E-state index contributed by atoms with van der Waals surface area (Å²) < 4.78 is 68.8. The van der Waals surface area contributed by atoms with Crippen molar-refractivity contribution in [3.8, 4) is 5.75 Å². The monoisotopic (exact) mass is 514 g/mol. The van der Waals surface area contributed by atoms with Crippen LogP contribution in [-0.2, 0) is 25.0 Å². The second-order valence-electron chi connectivity index (χ2n) is 6.52. The zero-order valence-electron chi connectivity index (χ0n) is 18.1. The number of rotatable bonds is 5. The Hall–Kier alpha value is -3.67. The standard InChI is InChI=1S/C18H16N4O8S2.2H3N/c1-9(23)20-11-3-5-14(16(7-11)32(28,29)30)21-22-18-13(19)4-2-10-6-12(31(25,26)27)8-15(24)17(10)18;;/h2-8,24H,19H2,1H3,(H,20,23)(H,25,26,27)(H,28,29,30);2*1H3. The molecule has 0 radical (unpaired) electrons. The average Bonchev–Trinajstić information content (AvgIpc) is 2.66. The van der Waals surface area contributed by atoms with Gasteiger partial charge in [-0.25, -0.2) is 16.8 Å². The fourth-order valence-electron chi connectivity index (χ4n) is 2.85. The smallest absolute Gasteiger partial charge is 0.221 e. The minimum Gasteiger partial charge on any atom is -0.744 e. The van der Waals surface area contributed by atoms with Gasteiger partial charge in [0.1, 0.15) is 37.4 Å². The van der Waals surface area contributed by atoms with Gasteiger partial charge in [-0.05, 0) is 41.8 Å². The number of phenols is 1. The summed E-state index contributed by atoms with van der Waals surface area (Å²) in [6, 6.07) is 7.71. The Labute approximate surface area is 194 Å². The Kier molecular flexibility index (Phi) is 8.41. The number of nitrogens with two attached hydrogens (primary N) is 1. The largest absolute Gasteiger partial charge is 0.744 e. The van der Waals surface area contributed by atoms with Crippen molar-refractivity contribution in [3.05, 3.63) is 42.5 Å². The van der Waals surface area contributed by atoms with E-state index in [1.807, 2.05) is 0 Å². The number of aromatic hydroxyl groups is 1. The third-order valence-electron chi connectivity index (χ3n) is 4.17. The number of nitrogens with zero attached hydrogens (tertiary/aromatic N) is 2. The number of fused-ring (bicyclic) bond motifs is 1. The summed E-state index contributed by atoms with van der Waals surface area (Å²) in [6.45, 7) is 1.19. The van der Waals surface area contributed by atoms with Gasteiger partial charge in [-0.2, -0.15) is 0 Å². The van der Waals surface area contributed by atoms with E-state index in [4.69, 9.17) is 5.73 Å². The second-order valence-corrected chi connectivity index (χ2v) is 9.24. The third kappa shape index (κ3) is 6.01. The van der Waals surface area contributed by atoms with Crippen molar-refractivity contribution in [2.45, 2.75) is 16.7 Å². The highest BCUT2D eigenvalue weighted by atomic mass is 32.2. The van der Waals surface area contributed by atoms with Gasteiger partial charge < -0.3 is 37.6 Å². The molecular formula is C18H22N6O8S2. The lowest BCUT2D eigenvalue weighted by Gasteiger charge is -2.13. The molecule has 1 amide bonds. The number of carbonyl (C=O) groups is 1. The molecular weight excluding hydrogens is 492 g/mol. The van der Waals surface area contributed by atoms with E-state index in [-0.39, 0.29) is 45.8 Å². The zero-order chi connectivity index (χ0) is 23.8. The fraction of sp³-hybridized carbons (Fsp3) is 0.0556. The van der Waals surface area contributed by atoms with Gasteiger partial charge in [-0.3, -0.25) is 4.79 Å². The summed E-state index contributed by atoms with van der Waals surface area (Å²) in [5.41, 5.74) is 5.37. The summed E-state index contributed by atoms with van der Waals surface area (Å²) in [6.07, 6.45) is 0. The van der Waals surface area contributed by atoms with E-state index in [9.17, 15) is 35.8 Å². The molecule has 0 aromatic heterocycles. The van der Waals surface area contributed by atoms with Gasteiger partial charge in [0.05, 0.1) is 20.9 Å². The van der Waals surface area contributed by atoms with Gasteiger partial charge in [-0.15, -0.1) is 10.2 Å². The number of phenolic OH excluding ortho intramolecular Hbond substituents is 1. The molecule has 34 heavy (non-hydrogen) atoms. The Morgan fingerprint density at radius 2 is 1.62 bits per heavy atom. The van der Waals surface area contributed by atoms with Crippen LogP contribution < -0.4 is 23.4 Å². The maximum absolute atomic E-state index is 11.6. The molecule has 0 atom stereocenters. The number of nitrogens with one attached hydrogen (secondary N) is 1. The lowest BCUT2D eigenvalue weighted by Crippen LogP contribution is -2.07. The number of hydrogen-bond donors (Lipinski definition) is 5. The highest BCUT2D eigenvalue weighted by Crippen LogP contribution is 2.40. The molecule has 12 N–H and O–H groups in total. The van der Waals surface area contributed by atoms with E-state index in [1.165, 1.54) is 25.1 Å². The maximum atomic E-state index is 11.6. The summed E-state index contributed by atoms with van der Waals surface area (Å²) in [5, 5.41) is 20.2. The van der Waals surface area contributed by atoms with E-state index >= 15 is 0 Å². The molecule has 3 rings (SSSR count). The van der Waals surface area contributed by atoms with E-state index in [0.717, 1.165) is 24.3 Å². The summed E-state index contributed by atoms with van der Waals surface area (Å²) >= 11 is 0. The number of anilines is 2. The molecule has 0 saturated carbocycles. The van der Waals surface area contributed by atoms with Crippen LogP contribution in [0.1, 0.15) is 6.92 Å². The SMILES string of the molecule is CC(=O)Nc1ccc(N=Nc2c(N)ccc3cc(S(=O)(=O)[O-])cc(O)c23)c(S(=O)(=O)[O-])c1.[NH4+].[NH4+]. The number of carbonyl (C=O) groups excluding carboxylic acids is 1. The molecule has 0 saturated heterocycles. The first-order chi connectivity index (χ1) is 14.8. The van der Waals surface area contributed by atoms with Crippen molar-refractivity contribution in [1.82, 2.24) is 12.3 Å². The van der Waals surface area contributed by atoms with E-state index in [1.54, 1.807) is 0 Å². The number of nitrogen functional groups attached to an aromatic ring is 1. The predicted octanol–water partition coefficient (Wildman–Crippen LogP) is 3.06. The Morgan fingerprint density at radius 3 is 2.18 bits per heavy atom. The quantitative estimate of drug-likeness (QED) is 0.189. The Morgan fingerprint density at radius 1 is 0.971 bits per heavy atom. The molecule has 0 aliphatic rings. The van der Waals surface area contributed by atoms with Gasteiger partial charge >= 0.3 is 0 Å². The van der Waals surface area contributed by atoms with Crippen molar-refractivity contribution < 1.29 is 35.8 Å². The topological polar surface area (TPSA) is 287 Å². The molecule has 3 aromatic carbocycles. The molecule has 0 bridgehead atoms. The highest BCUT2D eigenvalue weighted by Gasteiger charge is 2.15. The highest BCUT2D eigenvalue weighted by molar-refractivity contribution is 7.86. The normalized spacial score (nSPS) is 11.6. The van der Waals surface area contributed by atoms with Crippen molar-refractivity contribution in [1.29, 1.82) is 0 Å². The first-order valence-electron chi connectivity index (χ1n) is 8.58. The summed E-state index contributed by atoms with van der Waals surface area (Å²) in [7, 11) is -9.87. The van der Waals surface area contributed by atoms with Crippen LogP contribution >= 0.6 is 0 Å². The molecule has 0 aliphatic heterocycles. The van der Waals surface area contributed by atoms with Crippen LogP contribution in [-0.4, -0.2) is 37.0 Å². The molecule has 14 nitrogen and oxygen atoms in total. The van der Waals surface area contributed by atoms with Crippen LogP contribution in [0.4, 0.5) is 22.7 Å². The Balaban J connectivity index is 0.00000289. The molecule has 0 heterocycles. The minimum absolute atomic E-state index is 0. The van der Waals surface area contributed by atoms with Crippen molar-refractivity contribution in [2.24, 2.45) is 10.2 Å². The molecule has 0 fully saturated rings. The van der Waals surface area contributed by atoms with Gasteiger partial charge in [-0.1, -0.05) is 6.07 Å².